The van der Waals surface area contributed by atoms with Gasteiger partial charge in [0.15, 0.2) is 0 Å². The number of alkyl halides is 1. The molecule has 110 valence electrons. The Morgan fingerprint density at radius 1 is 1.37 bits per heavy atom. The van der Waals surface area contributed by atoms with Crippen molar-refractivity contribution in [3.63, 3.8) is 0 Å². The van der Waals surface area contributed by atoms with E-state index in [1.54, 1.807) is 27.7 Å². The lowest BCUT2D eigenvalue weighted by Crippen LogP contribution is -2.48. The number of alkyl carbamates (subject to hydrolysis) is 1. The van der Waals surface area contributed by atoms with Gasteiger partial charge in [0.05, 0.1) is 18.1 Å². The van der Waals surface area contributed by atoms with E-state index in [4.69, 9.17) is 21.1 Å². The second kappa shape index (κ2) is 5.99. The van der Waals surface area contributed by atoms with E-state index >= 15 is 0 Å². The first-order valence-corrected chi connectivity index (χ1v) is 7.01. The van der Waals surface area contributed by atoms with E-state index in [9.17, 15) is 9.59 Å². The van der Waals surface area contributed by atoms with Crippen molar-refractivity contribution >= 4 is 23.7 Å². The summed E-state index contributed by atoms with van der Waals surface area (Å²) in [6, 6.07) is -0.455. The Kier molecular flexibility index (Phi) is 5.07. The number of carbonyl (C=O) groups excluding carboxylic acids is 2. The average Bonchev–Trinajstić information content (AvgIpc) is 3.05. The topological polar surface area (TPSA) is 64.6 Å². The van der Waals surface area contributed by atoms with E-state index in [-0.39, 0.29) is 11.8 Å². The van der Waals surface area contributed by atoms with Crippen molar-refractivity contribution in [1.29, 1.82) is 0 Å². The summed E-state index contributed by atoms with van der Waals surface area (Å²) < 4.78 is 10.2. The van der Waals surface area contributed by atoms with E-state index < -0.39 is 23.2 Å². The van der Waals surface area contributed by atoms with Crippen molar-refractivity contribution in [3.8, 4) is 0 Å². The van der Waals surface area contributed by atoms with Crippen LogP contribution in [-0.2, 0) is 14.3 Å². The maximum Gasteiger partial charge on any atom is 0.407 e. The summed E-state index contributed by atoms with van der Waals surface area (Å²) in [5.74, 6) is -0.144. The highest BCUT2D eigenvalue weighted by Crippen LogP contribution is 2.50. The maximum atomic E-state index is 11.9. The third kappa shape index (κ3) is 4.27. The van der Waals surface area contributed by atoms with Crippen molar-refractivity contribution in [2.45, 2.75) is 52.2 Å². The normalized spacial score (nSPS) is 18.4. The molecule has 1 fully saturated rings. The van der Waals surface area contributed by atoms with Crippen LogP contribution in [0, 0.1) is 5.41 Å². The molecule has 1 aliphatic rings. The Bertz CT molecular complexity index is 347. The molecule has 0 spiro atoms. The van der Waals surface area contributed by atoms with Crippen LogP contribution in [0.25, 0.3) is 0 Å². The molecule has 6 heteroatoms. The summed E-state index contributed by atoms with van der Waals surface area (Å²) >= 11 is 5.87. The van der Waals surface area contributed by atoms with Crippen molar-refractivity contribution < 1.29 is 19.1 Å². The third-order valence-corrected chi connectivity index (χ3v) is 3.29. The number of rotatable bonds is 5. The molecule has 0 heterocycles. The summed E-state index contributed by atoms with van der Waals surface area (Å²) in [6.07, 6.45) is 0.798. The number of hydrogen-bond donors (Lipinski definition) is 1. The largest absolute Gasteiger partial charge is 0.466 e. The van der Waals surface area contributed by atoms with Crippen LogP contribution < -0.4 is 5.32 Å². The van der Waals surface area contributed by atoms with E-state index in [0.29, 0.717) is 19.4 Å². The van der Waals surface area contributed by atoms with Gasteiger partial charge in [0, 0.05) is 5.88 Å². The monoisotopic (exact) mass is 291 g/mol. The van der Waals surface area contributed by atoms with Crippen LogP contribution in [0.2, 0.25) is 0 Å². The van der Waals surface area contributed by atoms with Gasteiger partial charge in [0.1, 0.15) is 5.60 Å². The minimum absolute atomic E-state index is 0.151. The van der Waals surface area contributed by atoms with E-state index in [2.05, 4.69) is 5.32 Å². The highest BCUT2D eigenvalue weighted by atomic mass is 35.5. The number of carbonyl (C=O) groups is 2. The van der Waals surface area contributed by atoms with Gasteiger partial charge in [-0.2, -0.15) is 0 Å². The lowest BCUT2D eigenvalue weighted by molar-refractivity contribution is -0.150. The first kappa shape index (κ1) is 16.1. The fraction of sp³-hybridized carbons (Fsp3) is 0.846. The van der Waals surface area contributed by atoms with Gasteiger partial charge in [-0.1, -0.05) is 0 Å². The second-order valence-corrected chi connectivity index (χ2v) is 6.04. The van der Waals surface area contributed by atoms with Gasteiger partial charge in [0.2, 0.25) is 0 Å². The molecule has 1 N–H and O–H groups in total. The molecule has 0 saturated heterocycles. The lowest BCUT2D eigenvalue weighted by atomic mass is 9.98. The van der Waals surface area contributed by atoms with E-state index in [1.165, 1.54) is 0 Å². The SMILES string of the molecule is CCOC(=O)C1([C@@H](CCl)NC(=O)OC(C)(C)C)CC1. The summed E-state index contributed by atoms with van der Waals surface area (Å²) in [4.78, 5) is 23.7. The first-order valence-electron chi connectivity index (χ1n) is 6.48. The number of amides is 1. The lowest BCUT2D eigenvalue weighted by Gasteiger charge is -2.26. The standard InChI is InChI=1S/C13H22ClNO4/c1-5-18-10(16)13(6-7-13)9(8-14)15-11(17)19-12(2,3)4/h9H,5-8H2,1-4H3,(H,15,17)/t9-/m1/s1. The zero-order valence-electron chi connectivity index (χ0n) is 11.9. The molecule has 5 nitrogen and oxygen atoms in total. The number of halogens is 1. The summed E-state index contributed by atoms with van der Waals surface area (Å²) in [6.45, 7) is 7.41. The van der Waals surface area contributed by atoms with Crippen LogP contribution in [-0.4, -0.2) is 36.2 Å². The highest BCUT2D eigenvalue weighted by Gasteiger charge is 2.57. The van der Waals surface area contributed by atoms with Gasteiger partial charge in [-0.15, -0.1) is 11.6 Å². The summed E-state index contributed by atoms with van der Waals surface area (Å²) in [5.41, 5.74) is -1.25. The number of hydrogen-bond acceptors (Lipinski definition) is 4. The fourth-order valence-corrected chi connectivity index (χ4v) is 2.25. The molecule has 0 aliphatic heterocycles. The third-order valence-electron chi connectivity index (χ3n) is 2.98. The zero-order valence-corrected chi connectivity index (χ0v) is 12.7. The molecule has 0 aromatic heterocycles. The maximum absolute atomic E-state index is 11.9. The Morgan fingerprint density at radius 3 is 2.32 bits per heavy atom. The average molecular weight is 292 g/mol. The fourth-order valence-electron chi connectivity index (χ4n) is 1.88. The molecular formula is C13H22ClNO4. The smallest absolute Gasteiger partial charge is 0.407 e. The summed E-state index contributed by atoms with van der Waals surface area (Å²) in [5, 5.41) is 2.67. The summed E-state index contributed by atoms with van der Waals surface area (Å²) in [7, 11) is 0. The predicted molar refractivity (Wildman–Crippen MR) is 72.2 cm³/mol. The van der Waals surface area contributed by atoms with Gasteiger partial charge in [-0.3, -0.25) is 4.79 Å². The molecule has 0 radical (unpaired) electrons. The Hall–Kier alpha value is -0.970. The van der Waals surface area contributed by atoms with Crippen LogP contribution in [0.1, 0.15) is 40.5 Å². The van der Waals surface area contributed by atoms with Crippen LogP contribution in [0.5, 0.6) is 0 Å². The van der Waals surface area contributed by atoms with E-state index in [0.717, 1.165) is 0 Å². The zero-order chi connectivity index (χ0) is 14.7. The molecule has 1 atom stereocenters. The quantitative estimate of drug-likeness (QED) is 0.624. The van der Waals surface area contributed by atoms with Gasteiger partial charge < -0.3 is 14.8 Å². The Labute approximate surface area is 119 Å². The van der Waals surface area contributed by atoms with Gasteiger partial charge >= 0.3 is 12.1 Å². The second-order valence-electron chi connectivity index (χ2n) is 5.73. The minimum atomic E-state index is -0.672. The Morgan fingerprint density at radius 2 is 1.95 bits per heavy atom. The number of nitrogens with one attached hydrogen (secondary N) is 1. The molecular weight excluding hydrogens is 270 g/mol. The predicted octanol–water partition coefficient (Wildman–Crippen LogP) is 2.46. The molecule has 1 rings (SSSR count). The van der Waals surface area contributed by atoms with Crippen LogP contribution in [0.4, 0.5) is 4.79 Å². The van der Waals surface area contributed by atoms with Crippen LogP contribution in [0.15, 0.2) is 0 Å². The Balaban J connectivity index is 2.64. The molecule has 1 amide bonds. The molecule has 0 aromatic rings. The van der Waals surface area contributed by atoms with Crippen molar-refractivity contribution in [1.82, 2.24) is 5.32 Å². The van der Waals surface area contributed by atoms with Crippen molar-refractivity contribution in [2.75, 3.05) is 12.5 Å². The van der Waals surface area contributed by atoms with Gasteiger partial charge in [-0.05, 0) is 40.5 Å². The number of esters is 1. The van der Waals surface area contributed by atoms with Crippen LogP contribution >= 0.6 is 11.6 Å². The van der Waals surface area contributed by atoms with Gasteiger partial charge in [0.25, 0.3) is 0 Å². The molecule has 0 bridgehead atoms. The minimum Gasteiger partial charge on any atom is -0.466 e. The molecule has 1 saturated carbocycles. The molecule has 1 aliphatic carbocycles. The van der Waals surface area contributed by atoms with Gasteiger partial charge in [-0.25, -0.2) is 4.79 Å². The molecule has 19 heavy (non-hydrogen) atoms. The molecule has 0 unspecified atom stereocenters. The van der Waals surface area contributed by atoms with Crippen molar-refractivity contribution in [2.24, 2.45) is 5.41 Å². The van der Waals surface area contributed by atoms with E-state index in [1.807, 2.05) is 0 Å². The molecule has 0 aromatic carbocycles. The van der Waals surface area contributed by atoms with Crippen molar-refractivity contribution in [3.05, 3.63) is 0 Å². The number of ether oxygens (including phenoxy) is 2. The first-order chi connectivity index (χ1) is 8.75. The van der Waals surface area contributed by atoms with Crippen LogP contribution in [0.3, 0.4) is 0 Å². The highest BCUT2D eigenvalue weighted by molar-refractivity contribution is 6.18.